The first-order valence-electron chi connectivity index (χ1n) is 8.69. The number of ether oxygens (including phenoxy) is 4. The predicted molar refractivity (Wildman–Crippen MR) is 95.0 cm³/mol. The lowest BCUT2D eigenvalue weighted by Crippen LogP contribution is -2.21. The first kappa shape index (κ1) is 16.4. The van der Waals surface area contributed by atoms with Gasteiger partial charge in [0.2, 0.25) is 6.10 Å². The van der Waals surface area contributed by atoms with Gasteiger partial charge in [0.1, 0.15) is 19.8 Å². The fourth-order valence-corrected chi connectivity index (χ4v) is 2.91. The lowest BCUT2D eigenvalue weighted by Gasteiger charge is -2.23. The molecule has 0 spiro atoms. The van der Waals surface area contributed by atoms with E-state index in [9.17, 15) is 4.79 Å². The Labute approximate surface area is 159 Å². The molecule has 28 heavy (non-hydrogen) atoms. The van der Waals surface area contributed by atoms with Gasteiger partial charge in [0, 0.05) is 5.56 Å². The molecule has 2 aliphatic rings. The first-order valence-corrected chi connectivity index (χ1v) is 8.69. The molecule has 0 unspecified atom stereocenters. The van der Waals surface area contributed by atoms with Crippen molar-refractivity contribution in [3.05, 3.63) is 53.9 Å². The van der Waals surface area contributed by atoms with Gasteiger partial charge in [-0.3, -0.25) is 10.1 Å². The summed E-state index contributed by atoms with van der Waals surface area (Å²) in [6.45, 7) is 1.16. The van der Waals surface area contributed by atoms with E-state index >= 15 is 0 Å². The highest BCUT2D eigenvalue weighted by molar-refractivity contribution is 6.03. The third kappa shape index (κ3) is 3.07. The molecule has 1 aromatic heterocycles. The van der Waals surface area contributed by atoms with Gasteiger partial charge in [0.25, 0.3) is 11.8 Å². The molecule has 1 atom stereocenters. The summed E-state index contributed by atoms with van der Waals surface area (Å²) in [5.74, 6) is 2.20. The van der Waals surface area contributed by atoms with Crippen molar-refractivity contribution in [3.8, 4) is 23.0 Å². The molecule has 0 radical (unpaired) electrons. The average molecular weight is 381 g/mol. The van der Waals surface area contributed by atoms with Gasteiger partial charge in [-0.1, -0.05) is 17.2 Å². The maximum atomic E-state index is 12.5. The van der Waals surface area contributed by atoms with Crippen molar-refractivity contribution in [1.29, 1.82) is 0 Å². The monoisotopic (exact) mass is 381 g/mol. The van der Waals surface area contributed by atoms with E-state index in [1.165, 1.54) is 0 Å². The zero-order valence-corrected chi connectivity index (χ0v) is 14.6. The number of rotatable bonds is 3. The number of nitrogens with zero attached hydrogens (tertiary/aromatic N) is 2. The number of anilines is 1. The second-order valence-electron chi connectivity index (χ2n) is 6.12. The molecule has 2 aromatic carbocycles. The van der Waals surface area contributed by atoms with Gasteiger partial charge in [0.15, 0.2) is 23.0 Å². The Balaban J connectivity index is 1.28. The summed E-state index contributed by atoms with van der Waals surface area (Å²) in [6.07, 6.45) is -0.553. The van der Waals surface area contributed by atoms with Gasteiger partial charge in [-0.2, -0.15) is 0 Å². The van der Waals surface area contributed by atoms with Gasteiger partial charge in [-0.15, -0.1) is 5.10 Å². The molecule has 0 saturated heterocycles. The molecule has 0 bridgehead atoms. The van der Waals surface area contributed by atoms with Crippen LogP contribution in [-0.4, -0.2) is 35.9 Å². The SMILES string of the molecule is O=C(Nc1nnc([C@H]2COc3ccccc3O2)o1)c1ccc2c(c1)OCCO2. The molecule has 9 heteroatoms. The summed E-state index contributed by atoms with van der Waals surface area (Å²) >= 11 is 0. The van der Waals surface area contributed by atoms with Crippen LogP contribution in [0.2, 0.25) is 0 Å². The summed E-state index contributed by atoms with van der Waals surface area (Å²) in [4.78, 5) is 12.5. The second-order valence-corrected chi connectivity index (χ2v) is 6.12. The summed E-state index contributed by atoms with van der Waals surface area (Å²) in [6, 6.07) is 12.2. The van der Waals surface area contributed by atoms with Crippen LogP contribution in [0.4, 0.5) is 6.01 Å². The second kappa shape index (κ2) is 6.76. The number of hydrogen-bond donors (Lipinski definition) is 1. The number of carbonyl (C=O) groups is 1. The van der Waals surface area contributed by atoms with Gasteiger partial charge in [0.05, 0.1) is 0 Å². The largest absolute Gasteiger partial charge is 0.486 e. The standard InChI is InChI=1S/C19H15N3O6/c23-17(11-5-6-13-15(9-11)25-8-7-24-13)20-19-22-21-18(28-19)16-10-26-12-3-1-2-4-14(12)27-16/h1-6,9,16H,7-8,10H2,(H,20,22,23)/t16-/m1/s1. The van der Waals surface area contributed by atoms with Crippen molar-refractivity contribution in [2.45, 2.75) is 6.10 Å². The Morgan fingerprint density at radius 2 is 1.71 bits per heavy atom. The molecule has 5 rings (SSSR count). The number of amides is 1. The Bertz CT molecular complexity index is 1030. The predicted octanol–water partition coefficient (Wildman–Crippen LogP) is 2.61. The van der Waals surface area contributed by atoms with Gasteiger partial charge in [-0.25, -0.2) is 0 Å². The van der Waals surface area contributed by atoms with Crippen LogP contribution in [0, 0.1) is 0 Å². The van der Waals surface area contributed by atoms with E-state index < -0.39 is 12.0 Å². The van der Waals surface area contributed by atoms with Crippen molar-refractivity contribution in [3.63, 3.8) is 0 Å². The highest BCUT2D eigenvalue weighted by Gasteiger charge is 2.27. The number of aromatic nitrogens is 2. The third-order valence-corrected chi connectivity index (χ3v) is 4.25. The van der Waals surface area contributed by atoms with Gasteiger partial charge in [-0.05, 0) is 30.3 Å². The van der Waals surface area contributed by atoms with Crippen molar-refractivity contribution in [2.75, 3.05) is 25.1 Å². The molecule has 9 nitrogen and oxygen atoms in total. The smallest absolute Gasteiger partial charge is 0.322 e. The molecule has 0 fully saturated rings. The number of carbonyl (C=O) groups excluding carboxylic acids is 1. The lowest BCUT2D eigenvalue weighted by atomic mass is 10.2. The minimum absolute atomic E-state index is 0.0302. The van der Waals surface area contributed by atoms with E-state index in [2.05, 4.69) is 15.5 Å². The van der Waals surface area contributed by atoms with Crippen molar-refractivity contribution in [2.24, 2.45) is 0 Å². The Hall–Kier alpha value is -3.75. The Kier molecular flexibility index (Phi) is 3.97. The van der Waals surface area contributed by atoms with Crippen molar-refractivity contribution >= 4 is 11.9 Å². The topological polar surface area (TPSA) is 105 Å². The molecule has 0 aliphatic carbocycles. The molecule has 3 aromatic rings. The molecule has 0 saturated carbocycles. The number of hydrogen-bond acceptors (Lipinski definition) is 8. The minimum atomic E-state index is -0.553. The van der Waals surface area contributed by atoms with Crippen molar-refractivity contribution < 1.29 is 28.2 Å². The van der Waals surface area contributed by atoms with Crippen LogP contribution in [0.5, 0.6) is 23.0 Å². The van der Waals surface area contributed by atoms with Crippen molar-refractivity contribution in [1.82, 2.24) is 10.2 Å². The van der Waals surface area contributed by atoms with E-state index in [4.69, 9.17) is 23.4 Å². The van der Waals surface area contributed by atoms with E-state index in [0.29, 0.717) is 41.8 Å². The normalized spacial score (nSPS) is 17.1. The van der Waals surface area contributed by atoms with Crippen LogP contribution in [0.15, 0.2) is 46.9 Å². The van der Waals surface area contributed by atoms with Crippen LogP contribution in [0.3, 0.4) is 0 Å². The van der Waals surface area contributed by atoms with E-state index in [1.54, 1.807) is 24.3 Å². The first-order chi connectivity index (χ1) is 13.8. The highest BCUT2D eigenvalue weighted by atomic mass is 16.6. The zero-order chi connectivity index (χ0) is 18.9. The molecular weight excluding hydrogens is 366 g/mol. The minimum Gasteiger partial charge on any atom is -0.486 e. The summed E-state index contributed by atoms with van der Waals surface area (Å²) in [7, 11) is 0. The van der Waals surface area contributed by atoms with E-state index in [-0.39, 0.29) is 18.5 Å². The molecule has 3 heterocycles. The molecule has 1 amide bonds. The number of para-hydroxylation sites is 2. The number of benzene rings is 2. The van der Waals surface area contributed by atoms with Crippen LogP contribution >= 0.6 is 0 Å². The Morgan fingerprint density at radius 3 is 2.61 bits per heavy atom. The van der Waals surface area contributed by atoms with E-state index in [0.717, 1.165) is 0 Å². The molecule has 2 aliphatic heterocycles. The van der Waals surface area contributed by atoms with Crippen LogP contribution in [-0.2, 0) is 0 Å². The fraction of sp³-hybridized carbons (Fsp3) is 0.211. The molecule has 142 valence electrons. The summed E-state index contributed by atoms with van der Waals surface area (Å²) in [5.41, 5.74) is 0.384. The van der Waals surface area contributed by atoms with E-state index in [1.807, 2.05) is 18.2 Å². The van der Waals surface area contributed by atoms with Gasteiger partial charge < -0.3 is 23.4 Å². The summed E-state index contributed by atoms with van der Waals surface area (Å²) < 4.78 is 27.9. The average Bonchev–Trinajstić information content (AvgIpc) is 3.21. The lowest BCUT2D eigenvalue weighted by molar-refractivity contribution is 0.0716. The maximum Gasteiger partial charge on any atom is 0.322 e. The number of nitrogens with one attached hydrogen (secondary N) is 1. The Morgan fingerprint density at radius 1 is 0.929 bits per heavy atom. The number of fused-ring (bicyclic) bond motifs is 2. The van der Waals surface area contributed by atoms with Crippen LogP contribution in [0.1, 0.15) is 22.4 Å². The van der Waals surface area contributed by atoms with Gasteiger partial charge >= 0.3 is 6.01 Å². The molecule has 1 N–H and O–H groups in total. The fourth-order valence-electron chi connectivity index (χ4n) is 2.91. The quantitative estimate of drug-likeness (QED) is 0.738. The maximum absolute atomic E-state index is 12.5. The summed E-state index contributed by atoms with van der Waals surface area (Å²) in [5, 5.41) is 10.4. The van der Waals surface area contributed by atoms with Crippen LogP contribution < -0.4 is 24.3 Å². The highest BCUT2D eigenvalue weighted by Crippen LogP contribution is 2.36. The zero-order valence-electron chi connectivity index (χ0n) is 14.6. The molecular formula is C19H15N3O6. The van der Waals surface area contributed by atoms with Crippen LogP contribution in [0.25, 0.3) is 0 Å². The third-order valence-electron chi connectivity index (χ3n) is 4.25.